The van der Waals surface area contributed by atoms with E-state index in [0.29, 0.717) is 6.61 Å². The molecule has 3 N–H and O–H groups in total. The van der Waals surface area contributed by atoms with Gasteiger partial charge in [0.1, 0.15) is 5.60 Å². The largest absolute Gasteiger partial charge is 0.460 e. The van der Waals surface area contributed by atoms with Crippen LogP contribution in [0.2, 0.25) is 0 Å². The van der Waals surface area contributed by atoms with E-state index in [4.69, 9.17) is 15.2 Å². The number of aliphatic hydroxyl groups is 1. The molecular formula is C18H29NO4. The van der Waals surface area contributed by atoms with E-state index >= 15 is 0 Å². The molecule has 0 aromatic heterocycles. The molecule has 5 nitrogen and oxygen atoms in total. The molecule has 0 fully saturated rings. The molecule has 1 aromatic carbocycles. The molecule has 0 spiro atoms. The number of hydrogen-bond acceptors (Lipinski definition) is 5. The summed E-state index contributed by atoms with van der Waals surface area (Å²) in [6.45, 7) is 6.05. The van der Waals surface area contributed by atoms with Gasteiger partial charge in [-0.05, 0) is 39.2 Å². The van der Waals surface area contributed by atoms with Gasteiger partial charge < -0.3 is 20.3 Å². The molecule has 0 aliphatic carbocycles. The molecule has 0 saturated heterocycles. The van der Waals surface area contributed by atoms with Crippen molar-refractivity contribution >= 4 is 5.97 Å². The lowest BCUT2D eigenvalue weighted by Crippen LogP contribution is -2.41. The van der Waals surface area contributed by atoms with Gasteiger partial charge in [0.15, 0.2) is 0 Å². The third-order valence-corrected chi connectivity index (χ3v) is 3.20. The van der Waals surface area contributed by atoms with E-state index in [0.717, 1.165) is 12.8 Å². The summed E-state index contributed by atoms with van der Waals surface area (Å²) in [5.74, 6) is -0.409. The Bertz CT molecular complexity index is 456. The van der Waals surface area contributed by atoms with Gasteiger partial charge in [0.25, 0.3) is 0 Å². The Labute approximate surface area is 138 Å². The van der Waals surface area contributed by atoms with Gasteiger partial charge in [0.2, 0.25) is 0 Å². The first-order chi connectivity index (χ1) is 10.8. The molecule has 1 rings (SSSR count). The first kappa shape index (κ1) is 19.6. The highest BCUT2D eigenvalue weighted by Gasteiger charge is 2.22. The van der Waals surface area contributed by atoms with Crippen molar-refractivity contribution in [2.75, 3.05) is 13.2 Å². The van der Waals surface area contributed by atoms with Crippen molar-refractivity contribution in [3.63, 3.8) is 0 Å². The molecule has 2 unspecified atom stereocenters. The van der Waals surface area contributed by atoms with Crippen LogP contribution in [0.5, 0.6) is 0 Å². The smallest absolute Gasteiger partial charge is 0.307 e. The molecule has 2 atom stereocenters. The number of carbonyl (C=O) groups is 1. The number of carbonyl (C=O) groups excluding carboxylic acids is 1. The van der Waals surface area contributed by atoms with Crippen LogP contribution in [0.15, 0.2) is 30.3 Å². The second-order valence-electron chi connectivity index (χ2n) is 6.69. The van der Waals surface area contributed by atoms with Crippen LogP contribution >= 0.6 is 0 Å². The second kappa shape index (κ2) is 9.65. The summed E-state index contributed by atoms with van der Waals surface area (Å²) in [5, 5.41) is 9.92. The molecule has 23 heavy (non-hydrogen) atoms. The minimum atomic E-state index is -0.876. The summed E-state index contributed by atoms with van der Waals surface area (Å²) < 4.78 is 10.6. The Kier molecular flexibility index (Phi) is 8.23. The van der Waals surface area contributed by atoms with E-state index in [-0.39, 0.29) is 13.0 Å². The molecule has 0 radical (unpaired) electrons. The van der Waals surface area contributed by atoms with Crippen molar-refractivity contribution in [1.29, 1.82) is 0 Å². The maximum Gasteiger partial charge on any atom is 0.307 e. The minimum Gasteiger partial charge on any atom is -0.460 e. The van der Waals surface area contributed by atoms with E-state index in [1.165, 1.54) is 5.56 Å². The predicted octanol–water partition coefficient (Wildman–Crippen LogP) is 2.06. The normalized spacial score (nSPS) is 14.3. The quantitative estimate of drug-likeness (QED) is 0.537. The number of nitrogens with two attached hydrogens (primary N) is 1. The summed E-state index contributed by atoms with van der Waals surface area (Å²) in [6, 6.07) is 9.48. The number of ether oxygens (including phenoxy) is 2. The number of esters is 1. The third-order valence-electron chi connectivity index (χ3n) is 3.20. The number of rotatable bonds is 9. The number of aliphatic hydroxyl groups excluding tert-OH is 1. The van der Waals surface area contributed by atoms with E-state index in [2.05, 4.69) is 12.1 Å². The van der Waals surface area contributed by atoms with E-state index in [9.17, 15) is 9.90 Å². The lowest BCUT2D eigenvalue weighted by Gasteiger charge is -2.22. The lowest BCUT2D eigenvalue weighted by atomic mass is 10.1. The highest BCUT2D eigenvalue weighted by atomic mass is 16.6. The molecule has 0 aliphatic heterocycles. The van der Waals surface area contributed by atoms with Gasteiger partial charge in [-0.1, -0.05) is 30.3 Å². The van der Waals surface area contributed by atoms with E-state index in [1.54, 1.807) is 20.8 Å². The van der Waals surface area contributed by atoms with Crippen LogP contribution in [0, 0.1) is 0 Å². The molecule has 5 heteroatoms. The lowest BCUT2D eigenvalue weighted by molar-refractivity contribution is -0.156. The van der Waals surface area contributed by atoms with Gasteiger partial charge in [-0.15, -0.1) is 0 Å². The first-order valence-electron chi connectivity index (χ1n) is 8.05. The Morgan fingerprint density at radius 2 is 1.91 bits per heavy atom. The van der Waals surface area contributed by atoms with Gasteiger partial charge >= 0.3 is 5.97 Å². The first-order valence-corrected chi connectivity index (χ1v) is 8.05. The van der Waals surface area contributed by atoms with Crippen LogP contribution in [0.4, 0.5) is 0 Å². The van der Waals surface area contributed by atoms with E-state index in [1.807, 2.05) is 18.2 Å². The highest BCUT2D eigenvalue weighted by molar-refractivity contribution is 5.70. The number of benzene rings is 1. The second-order valence-corrected chi connectivity index (χ2v) is 6.69. The van der Waals surface area contributed by atoms with Gasteiger partial charge in [0.05, 0.1) is 19.1 Å². The van der Waals surface area contributed by atoms with Crippen molar-refractivity contribution in [2.45, 2.75) is 57.8 Å². The maximum absolute atomic E-state index is 11.7. The standard InChI is InChI=1S/C18H29NO4/c1-18(2,3)23-17(21)12-15(19)16(20)13-22-11-7-10-14-8-5-4-6-9-14/h4-6,8-9,15-16,20H,7,10-13,19H2,1-3H3. The molecule has 1 aromatic rings. The predicted molar refractivity (Wildman–Crippen MR) is 90.0 cm³/mol. The van der Waals surface area contributed by atoms with Crippen LogP contribution in [-0.2, 0) is 20.7 Å². The fourth-order valence-corrected chi connectivity index (χ4v) is 2.06. The molecule has 0 saturated carbocycles. The number of aryl methyl sites for hydroxylation is 1. The summed E-state index contributed by atoms with van der Waals surface area (Å²) in [4.78, 5) is 11.7. The molecule has 0 heterocycles. The van der Waals surface area contributed by atoms with Crippen LogP contribution < -0.4 is 5.73 Å². The van der Waals surface area contributed by atoms with Crippen LogP contribution in [0.25, 0.3) is 0 Å². The van der Waals surface area contributed by atoms with Gasteiger partial charge in [-0.25, -0.2) is 0 Å². The van der Waals surface area contributed by atoms with Crippen LogP contribution in [0.1, 0.15) is 39.2 Å². The average Bonchev–Trinajstić information content (AvgIpc) is 2.45. The molecule has 0 bridgehead atoms. The van der Waals surface area contributed by atoms with E-state index < -0.39 is 23.7 Å². The zero-order chi connectivity index (χ0) is 17.3. The van der Waals surface area contributed by atoms with Crippen molar-refractivity contribution < 1.29 is 19.4 Å². The van der Waals surface area contributed by atoms with Crippen LogP contribution in [0.3, 0.4) is 0 Å². The zero-order valence-corrected chi connectivity index (χ0v) is 14.3. The number of hydrogen-bond donors (Lipinski definition) is 2. The Balaban J connectivity index is 2.15. The third kappa shape index (κ3) is 9.33. The van der Waals surface area contributed by atoms with Crippen molar-refractivity contribution in [3.8, 4) is 0 Å². The minimum absolute atomic E-state index is 0.0220. The summed E-state index contributed by atoms with van der Waals surface area (Å²) in [6.07, 6.45) is 0.907. The Hall–Kier alpha value is -1.43. The SMILES string of the molecule is CC(C)(C)OC(=O)CC(N)C(O)COCCCc1ccccc1. The van der Waals surface area contributed by atoms with Gasteiger partial charge in [-0.3, -0.25) is 4.79 Å². The summed E-state index contributed by atoms with van der Waals surface area (Å²) in [7, 11) is 0. The van der Waals surface area contributed by atoms with Crippen molar-refractivity contribution in [1.82, 2.24) is 0 Å². The maximum atomic E-state index is 11.7. The Morgan fingerprint density at radius 1 is 1.26 bits per heavy atom. The summed E-state index contributed by atoms with van der Waals surface area (Å²) >= 11 is 0. The Morgan fingerprint density at radius 3 is 2.52 bits per heavy atom. The van der Waals surface area contributed by atoms with Crippen LogP contribution in [-0.4, -0.2) is 42.0 Å². The monoisotopic (exact) mass is 323 g/mol. The highest BCUT2D eigenvalue weighted by Crippen LogP contribution is 2.10. The average molecular weight is 323 g/mol. The van der Waals surface area contributed by atoms with Crippen molar-refractivity contribution in [2.24, 2.45) is 5.73 Å². The fraction of sp³-hybridized carbons (Fsp3) is 0.611. The van der Waals surface area contributed by atoms with Crippen molar-refractivity contribution in [3.05, 3.63) is 35.9 Å². The van der Waals surface area contributed by atoms with Gasteiger partial charge in [-0.2, -0.15) is 0 Å². The molecule has 130 valence electrons. The molecule has 0 amide bonds. The molecule has 0 aliphatic rings. The topological polar surface area (TPSA) is 81.8 Å². The summed E-state index contributed by atoms with van der Waals surface area (Å²) in [5.41, 5.74) is 6.53. The fourth-order valence-electron chi connectivity index (χ4n) is 2.06. The zero-order valence-electron chi connectivity index (χ0n) is 14.3. The van der Waals surface area contributed by atoms with Gasteiger partial charge in [0, 0.05) is 12.6 Å². The molecular weight excluding hydrogens is 294 g/mol.